The number of anilines is 6. The van der Waals surface area contributed by atoms with Crippen LogP contribution >= 0.6 is 22.7 Å². The number of benzene rings is 13. The minimum Gasteiger partial charge on any atom is -0.309 e. The number of para-hydroxylation sites is 2. The minimum absolute atomic E-state index is 1.12. The average molecular weight is 1130 g/mol. The second-order valence-corrected chi connectivity index (χ2v) is 25.5. The first-order valence-electron chi connectivity index (χ1n) is 29.6. The van der Waals surface area contributed by atoms with Crippen molar-refractivity contribution in [2.45, 2.75) is 13.8 Å². The minimum atomic E-state index is 1.12. The lowest BCUT2D eigenvalue weighted by Crippen LogP contribution is -2.12. The van der Waals surface area contributed by atoms with Crippen LogP contribution in [0.2, 0.25) is 0 Å². The summed E-state index contributed by atoms with van der Waals surface area (Å²) in [5, 5.41) is 15.0. The molecule has 13 aromatic carbocycles. The van der Waals surface area contributed by atoms with Gasteiger partial charge in [-0.2, -0.15) is 0 Å². The normalized spacial score (nSPS) is 12.3. The van der Waals surface area contributed by atoms with Gasteiger partial charge in [0, 0.05) is 106 Å². The summed E-state index contributed by atoms with van der Waals surface area (Å²) in [7, 11) is 0. The lowest BCUT2D eigenvalue weighted by atomic mass is 9.98. The van der Waals surface area contributed by atoms with Gasteiger partial charge in [-0.15, -0.1) is 22.7 Å². The fourth-order valence-corrected chi connectivity index (χ4v) is 16.9. The van der Waals surface area contributed by atoms with Crippen molar-refractivity contribution >= 4 is 173 Å². The van der Waals surface area contributed by atoms with Gasteiger partial charge in [-0.25, -0.2) is 0 Å². The number of hydrogen-bond acceptors (Lipinski definition) is 4. The van der Waals surface area contributed by atoms with E-state index in [1.54, 1.807) is 0 Å². The molecule has 6 aromatic heterocycles. The Morgan fingerprint density at radius 1 is 0.267 bits per heavy atom. The van der Waals surface area contributed by atoms with Crippen molar-refractivity contribution in [3.05, 3.63) is 278 Å². The Labute approximate surface area is 502 Å². The summed E-state index contributed by atoms with van der Waals surface area (Å²) in [5.74, 6) is 0. The van der Waals surface area contributed by atoms with Gasteiger partial charge in [-0.05, 0) is 122 Å². The molecular weight excluding hydrogens is 1080 g/mol. The zero-order valence-corrected chi connectivity index (χ0v) is 48.6. The Morgan fingerprint density at radius 3 is 1.08 bits per heavy atom. The van der Waals surface area contributed by atoms with E-state index in [9.17, 15) is 0 Å². The highest BCUT2D eigenvalue weighted by Gasteiger charge is 2.30. The first kappa shape index (κ1) is 47.9. The van der Waals surface area contributed by atoms with Crippen LogP contribution in [-0.4, -0.2) is 8.80 Å². The summed E-state index contributed by atoms with van der Waals surface area (Å²) in [5.41, 5.74) is 21.3. The highest BCUT2D eigenvalue weighted by molar-refractivity contribution is 7.26. The van der Waals surface area contributed by atoms with Gasteiger partial charge >= 0.3 is 0 Å². The van der Waals surface area contributed by atoms with Gasteiger partial charge in [-0.1, -0.05) is 181 Å². The number of rotatable bonds is 8. The molecule has 0 aliphatic heterocycles. The molecule has 0 amide bonds. The van der Waals surface area contributed by atoms with Crippen LogP contribution in [-0.2, 0) is 0 Å². The van der Waals surface area contributed by atoms with Gasteiger partial charge in [0.1, 0.15) is 0 Å². The second kappa shape index (κ2) is 18.0. The fourth-order valence-electron chi connectivity index (χ4n) is 14.6. The molecule has 0 N–H and O–H groups in total. The Balaban J connectivity index is 0.885. The molecule has 19 aromatic rings. The third-order valence-corrected chi connectivity index (χ3v) is 20.7. The molecule has 402 valence electrons. The highest BCUT2D eigenvalue weighted by atomic mass is 32.1. The molecule has 0 radical (unpaired) electrons. The summed E-state index contributed by atoms with van der Waals surface area (Å²) >= 11 is 3.75. The molecule has 6 heterocycles. The average Bonchev–Trinajstić information content (AvgIpc) is 1.62. The summed E-state index contributed by atoms with van der Waals surface area (Å²) in [6.45, 7) is 4.36. The van der Waals surface area contributed by atoms with Gasteiger partial charge in [0.15, 0.2) is 0 Å². The van der Waals surface area contributed by atoms with E-state index in [4.69, 9.17) is 0 Å². The second-order valence-electron chi connectivity index (χ2n) is 23.3. The van der Waals surface area contributed by atoms with Crippen LogP contribution < -0.4 is 9.80 Å². The predicted molar refractivity (Wildman–Crippen MR) is 371 cm³/mol. The number of aryl methyl sites for hydroxylation is 2. The van der Waals surface area contributed by atoms with Gasteiger partial charge in [0.25, 0.3) is 0 Å². The Hall–Kier alpha value is -10.5. The van der Waals surface area contributed by atoms with Crippen molar-refractivity contribution in [3.8, 4) is 22.3 Å². The molecule has 4 nitrogen and oxygen atoms in total. The molecule has 0 fully saturated rings. The molecule has 6 heteroatoms. The van der Waals surface area contributed by atoms with E-state index in [0.717, 1.165) is 34.1 Å². The summed E-state index contributed by atoms with van der Waals surface area (Å²) in [6, 6.07) is 100. The van der Waals surface area contributed by atoms with Crippen LogP contribution in [0.25, 0.3) is 139 Å². The van der Waals surface area contributed by atoms with Gasteiger partial charge < -0.3 is 18.6 Å². The van der Waals surface area contributed by atoms with Crippen LogP contribution in [0.4, 0.5) is 34.1 Å². The van der Waals surface area contributed by atoms with E-state index in [2.05, 4.69) is 299 Å². The molecule has 0 bridgehead atoms. The largest absolute Gasteiger partial charge is 0.309 e. The maximum absolute atomic E-state index is 2.58. The van der Waals surface area contributed by atoms with Crippen LogP contribution in [0.5, 0.6) is 0 Å². The quantitative estimate of drug-likeness (QED) is 0.151. The van der Waals surface area contributed by atoms with Crippen molar-refractivity contribution in [2.75, 3.05) is 9.80 Å². The number of thiophene rings is 2. The number of aromatic nitrogens is 2. The molecule has 86 heavy (non-hydrogen) atoms. The lowest BCUT2D eigenvalue weighted by molar-refractivity contribution is 1.29. The third kappa shape index (κ3) is 6.74. The fraction of sp³-hybridized carbons (Fsp3) is 0.0250. The molecular formula is C80H50N4S2. The molecule has 0 saturated heterocycles. The molecule has 19 rings (SSSR count). The van der Waals surface area contributed by atoms with Crippen molar-refractivity contribution in [1.82, 2.24) is 8.80 Å². The molecule has 0 spiro atoms. The Morgan fingerprint density at radius 2 is 0.651 bits per heavy atom. The predicted octanol–water partition coefficient (Wildman–Crippen LogP) is 23.6. The van der Waals surface area contributed by atoms with Crippen molar-refractivity contribution in [1.29, 1.82) is 0 Å². The van der Waals surface area contributed by atoms with Crippen LogP contribution in [0.15, 0.2) is 267 Å². The topological polar surface area (TPSA) is 15.3 Å². The van der Waals surface area contributed by atoms with Crippen LogP contribution in [0.1, 0.15) is 11.1 Å². The van der Waals surface area contributed by atoms with E-state index in [1.807, 2.05) is 22.7 Å². The zero-order valence-electron chi connectivity index (χ0n) is 47.0. The van der Waals surface area contributed by atoms with Gasteiger partial charge in [0.2, 0.25) is 0 Å². The van der Waals surface area contributed by atoms with Crippen LogP contribution in [0.3, 0.4) is 0 Å². The Bertz CT molecular complexity index is 5600. The first-order valence-corrected chi connectivity index (χ1v) is 31.2. The number of hydrogen-bond donors (Lipinski definition) is 0. The van der Waals surface area contributed by atoms with Crippen molar-refractivity contribution in [2.24, 2.45) is 0 Å². The first-order chi connectivity index (χ1) is 42.5. The molecule has 0 atom stereocenters. The monoisotopic (exact) mass is 1130 g/mol. The molecule has 0 unspecified atom stereocenters. The van der Waals surface area contributed by atoms with E-state index < -0.39 is 0 Å². The summed E-state index contributed by atoms with van der Waals surface area (Å²) in [4.78, 5) is 5.10. The summed E-state index contributed by atoms with van der Waals surface area (Å²) in [6.07, 6.45) is 0. The standard InChI is InChI=1S/C80H50N4S2/c1-47-29-33-51(34-30-47)81(69-43-63-53-21-11-15-27-73(53)85-75(63)45-59(69)49-17-5-3-6-18-49)67-39-37-55-61-41-72-62(42-71(61)83-65-25-13-9-23-57(65)77(67)79(55)83)56-38-40-68(78-58-24-10-14-26-66(58)84(72)80(56)78)82(52-35-31-48(2)32-36-52)70-44-64-54-22-12-16-28-74(54)86-76(64)46-60(70)50-19-7-4-8-20-50/h3-46H,1-2H3. The van der Waals surface area contributed by atoms with E-state index in [1.165, 1.54) is 150 Å². The molecule has 0 aliphatic carbocycles. The van der Waals surface area contributed by atoms with E-state index in [0.29, 0.717) is 0 Å². The van der Waals surface area contributed by atoms with Crippen molar-refractivity contribution < 1.29 is 0 Å². The van der Waals surface area contributed by atoms with E-state index >= 15 is 0 Å². The maximum Gasteiger partial charge on any atom is 0.0641 e. The highest BCUT2D eigenvalue weighted by Crippen LogP contribution is 2.55. The lowest BCUT2D eigenvalue weighted by Gasteiger charge is -2.29. The van der Waals surface area contributed by atoms with Gasteiger partial charge in [-0.3, -0.25) is 0 Å². The summed E-state index contributed by atoms with van der Waals surface area (Å²) < 4.78 is 10.3. The Kier molecular flexibility index (Phi) is 10.0. The molecule has 0 aliphatic rings. The smallest absolute Gasteiger partial charge is 0.0641 e. The van der Waals surface area contributed by atoms with Gasteiger partial charge in [0.05, 0.1) is 55.8 Å². The van der Waals surface area contributed by atoms with E-state index in [-0.39, 0.29) is 0 Å². The van der Waals surface area contributed by atoms with Crippen LogP contribution in [0, 0.1) is 13.8 Å². The number of nitrogens with zero attached hydrogens (tertiary/aromatic N) is 4. The zero-order chi connectivity index (χ0) is 56.5. The molecule has 0 saturated carbocycles. The SMILES string of the molecule is Cc1ccc(N(c2cc3c(cc2-c2ccccc2)sc2ccccc23)c2ccc3c4cc5c(cc4n4c6ccccc6c2c34)c2ccc(N(c3ccc(C)cc3)c3cc4c(cc3-c3ccccc3)sc3ccccc34)c3c4ccccc4n5c23)cc1. The number of fused-ring (bicyclic) bond motifs is 18. The van der Waals surface area contributed by atoms with Crippen molar-refractivity contribution in [3.63, 3.8) is 0 Å². The third-order valence-electron chi connectivity index (χ3n) is 18.5. The maximum atomic E-state index is 2.58.